The number of benzene rings is 2. The summed E-state index contributed by atoms with van der Waals surface area (Å²) in [5.74, 6) is 0.805. The lowest BCUT2D eigenvalue weighted by atomic mass is 10.2. The minimum Gasteiger partial charge on any atom is -0.450 e. The largest absolute Gasteiger partial charge is 0.450 e. The van der Waals surface area contributed by atoms with Gasteiger partial charge < -0.3 is 10.1 Å². The lowest BCUT2D eigenvalue weighted by molar-refractivity contribution is -0.385. The smallest absolute Gasteiger partial charge is 0.312 e. The first-order chi connectivity index (χ1) is 10.1. The number of halogens is 1. The van der Waals surface area contributed by atoms with Gasteiger partial charge in [-0.1, -0.05) is 35.0 Å². The predicted octanol–water partition coefficient (Wildman–Crippen LogP) is 4.26. The molecule has 1 N–H and O–H groups in total. The molecule has 6 heteroatoms. The van der Waals surface area contributed by atoms with Crippen LogP contribution in [0.1, 0.15) is 12.5 Å². The zero-order valence-corrected chi connectivity index (χ0v) is 13.1. The number of nitrogens with one attached hydrogen (secondary N) is 1. The summed E-state index contributed by atoms with van der Waals surface area (Å²) in [6, 6.07) is 12.2. The van der Waals surface area contributed by atoms with Gasteiger partial charge in [-0.25, -0.2) is 0 Å². The second kappa shape index (κ2) is 7.19. The maximum atomic E-state index is 11.1. The van der Waals surface area contributed by atoms with Crippen LogP contribution in [0.5, 0.6) is 11.5 Å². The Morgan fingerprint density at radius 3 is 2.81 bits per heavy atom. The summed E-state index contributed by atoms with van der Waals surface area (Å²) in [5.41, 5.74) is 0.996. The highest BCUT2D eigenvalue weighted by Crippen LogP contribution is 2.33. The normalized spacial score (nSPS) is 10.4. The zero-order valence-electron chi connectivity index (χ0n) is 11.5. The van der Waals surface area contributed by atoms with Crippen LogP contribution in [0.3, 0.4) is 0 Å². The molecule has 0 spiro atoms. The molecule has 5 nitrogen and oxygen atoms in total. The third kappa shape index (κ3) is 4.27. The van der Waals surface area contributed by atoms with Crippen molar-refractivity contribution in [3.05, 3.63) is 62.6 Å². The third-order valence-electron chi connectivity index (χ3n) is 2.82. The second-order valence-electron chi connectivity index (χ2n) is 4.40. The Kier molecular flexibility index (Phi) is 5.30. The van der Waals surface area contributed by atoms with E-state index in [-0.39, 0.29) is 11.4 Å². The first-order valence-electron chi connectivity index (χ1n) is 6.51. The van der Waals surface area contributed by atoms with Gasteiger partial charge in [-0.15, -0.1) is 0 Å². The van der Waals surface area contributed by atoms with Crippen LogP contribution >= 0.6 is 15.9 Å². The van der Waals surface area contributed by atoms with E-state index in [1.807, 2.05) is 25.1 Å². The van der Waals surface area contributed by atoms with Crippen molar-refractivity contribution in [2.75, 3.05) is 6.54 Å². The quantitative estimate of drug-likeness (QED) is 0.624. The van der Waals surface area contributed by atoms with Crippen molar-refractivity contribution in [2.24, 2.45) is 0 Å². The van der Waals surface area contributed by atoms with Gasteiger partial charge in [0.2, 0.25) is 5.75 Å². The van der Waals surface area contributed by atoms with Crippen LogP contribution in [0.15, 0.2) is 46.9 Å². The highest BCUT2D eigenvalue weighted by Gasteiger charge is 2.16. The topological polar surface area (TPSA) is 64.4 Å². The van der Waals surface area contributed by atoms with E-state index in [1.54, 1.807) is 18.2 Å². The van der Waals surface area contributed by atoms with E-state index in [9.17, 15) is 10.1 Å². The van der Waals surface area contributed by atoms with Gasteiger partial charge in [0, 0.05) is 17.1 Å². The summed E-state index contributed by atoms with van der Waals surface area (Å²) in [7, 11) is 0. The van der Waals surface area contributed by atoms with Crippen LogP contribution in [0.25, 0.3) is 0 Å². The van der Waals surface area contributed by atoms with E-state index < -0.39 is 4.92 Å². The fourth-order valence-corrected chi connectivity index (χ4v) is 2.18. The Balaban J connectivity index is 2.24. The van der Waals surface area contributed by atoms with Crippen molar-refractivity contribution in [2.45, 2.75) is 13.5 Å². The average Bonchev–Trinajstić information content (AvgIpc) is 2.47. The van der Waals surface area contributed by atoms with E-state index >= 15 is 0 Å². The van der Waals surface area contributed by atoms with Crippen molar-refractivity contribution >= 4 is 21.6 Å². The van der Waals surface area contributed by atoms with Crippen LogP contribution in [0.2, 0.25) is 0 Å². The number of hydrogen-bond donors (Lipinski definition) is 1. The molecule has 0 saturated carbocycles. The van der Waals surface area contributed by atoms with Gasteiger partial charge in [-0.2, -0.15) is 0 Å². The highest BCUT2D eigenvalue weighted by atomic mass is 79.9. The molecule has 0 aromatic heterocycles. The standard InChI is InChI=1S/C15H15BrN2O3/c1-2-17-10-11-4-3-5-13(8-11)21-15-7-6-12(16)9-14(15)18(19)20/h3-9,17H,2,10H2,1H3. The Labute approximate surface area is 131 Å². The fraction of sp³-hybridized carbons (Fsp3) is 0.200. The first kappa shape index (κ1) is 15.5. The Morgan fingerprint density at radius 2 is 2.10 bits per heavy atom. The van der Waals surface area contributed by atoms with Gasteiger partial charge in [-0.05, 0) is 36.4 Å². The van der Waals surface area contributed by atoms with Crippen LogP contribution in [-0.4, -0.2) is 11.5 Å². The molecule has 0 aliphatic rings. The van der Waals surface area contributed by atoms with Crippen LogP contribution in [-0.2, 0) is 6.54 Å². The molecule has 0 atom stereocenters. The third-order valence-corrected chi connectivity index (χ3v) is 3.32. The molecular formula is C15H15BrN2O3. The van der Waals surface area contributed by atoms with Crippen molar-refractivity contribution in [3.8, 4) is 11.5 Å². The molecular weight excluding hydrogens is 336 g/mol. The molecule has 21 heavy (non-hydrogen) atoms. The van der Waals surface area contributed by atoms with Gasteiger partial charge in [0.15, 0.2) is 0 Å². The highest BCUT2D eigenvalue weighted by molar-refractivity contribution is 9.10. The molecule has 2 aromatic carbocycles. The molecule has 0 radical (unpaired) electrons. The lowest BCUT2D eigenvalue weighted by Gasteiger charge is -2.08. The molecule has 0 aliphatic heterocycles. The van der Waals surface area contributed by atoms with Crippen LogP contribution < -0.4 is 10.1 Å². The predicted molar refractivity (Wildman–Crippen MR) is 84.7 cm³/mol. The number of nitrogens with zero attached hydrogens (tertiary/aromatic N) is 1. The molecule has 0 heterocycles. The van der Waals surface area contributed by atoms with Crippen molar-refractivity contribution < 1.29 is 9.66 Å². The fourth-order valence-electron chi connectivity index (χ4n) is 1.83. The van der Waals surface area contributed by atoms with Crippen molar-refractivity contribution in [1.29, 1.82) is 0 Å². The molecule has 0 saturated heterocycles. The molecule has 2 rings (SSSR count). The molecule has 0 amide bonds. The van der Waals surface area contributed by atoms with Gasteiger partial charge in [0.1, 0.15) is 5.75 Å². The summed E-state index contributed by atoms with van der Waals surface area (Å²) in [6.07, 6.45) is 0. The maximum absolute atomic E-state index is 11.1. The number of nitro groups is 1. The summed E-state index contributed by atoms with van der Waals surface area (Å²) in [4.78, 5) is 10.6. The van der Waals surface area contributed by atoms with E-state index in [4.69, 9.17) is 4.74 Å². The Morgan fingerprint density at radius 1 is 1.29 bits per heavy atom. The monoisotopic (exact) mass is 350 g/mol. The Hall–Kier alpha value is -1.92. The molecule has 0 aliphatic carbocycles. The number of rotatable bonds is 6. The molecule has 0 fully saturated rings. The zero-order chi connectivity index (χ0) is 15.2. The van der Waals surface area contributed by atoms with Crippen molar-refractivity contribution in [1.82, 2.24) is 5.32 Å². The molecule has 0 unspecified atom stereocenters. The molecule has 0 bridgehead atoms. The SMILES string of the molecule is CCNCc1cccc(Oc2ccc(Br)cc2[N+](=O)[O-])c1. The summed E-state index contributed by atoms with van der Waals surface area (Å²) in [5, 5.41) is 14.3. The second-order valence-corrected chi connectivity index (χ2v) is 5.31. The van der Waals surface area contributed by atoms with E-state index in [0.717, 1.165) is 18.7 Å². The average molecular weight is 351 g/mol. The number of ether oxygens (including phenoxy) is 1. The van der Waals surface area contributed by atoms with Crippen molar-refractivity contribution in [3.63, 3.8) is 0 Å². The minimum absolute atomic E-state index is 0.0681. The lowest BCUT2D eigenvalue weighted by Crippen LogP contribution is -2.11. The number of nitro benzene ring substituents is 1. The van der Waals surface area contributed by atoms with E-state index in [2.05, 4.69) is 21.2 Å². The van der Waals surface area contributed by atoms with E-state index in [1.165, 1.54) is 6.07 Å². The van der Waals surface area contributed by atoms with Gasteiger partial charge >= 0.3 is 5.69 Å². The summed E-state index contributed by atoms with van der Waals surface area (Å²) >= 11 is 3.22. The van der Waals surface area contributed by atoms with E-state index in [0.29, 0.717) is 10.2 Å². The van der Waals surface area contributed by atoms with Crippen LogP contribution in [0, 0.1) is 10.1 Å². The Bertz CT molecular complexity index is 647. The molecule has 110 valence electrons. The van der Waals surface area contributed by atoms with Gasteiger partial charge in [-0.3, -0.25) is 10.1 Å². The molecule has 2 aromatic rings. The summed E-state index contributed by atoms with van der Waals surface area (Å²) < 4.78 is 6.30. The minimum atomic E-state index is -0.456. The van der Waals surface area contributed by atoms with Gasteiger partial charge in [0.05, 0.1) is 4.92 Å². The summed E-state index contributed by atoms with van der Waals surface area (Å²) in [6.45, 7) is 3.64. The first-order valence-corrected chi connectivity index (χ1v) is 7.31. The number of hydrogen-bond acceptors (Lipinski definition) is 4. The van der Waals surface area contributed by atoms with Gasteiger partial charge in [0.25, 0.3) is 0 Å². The maximum Gasteiger partial charge on any atom is 0.312 e. The van der Waals surface area contributed by atoms with Crippen LogP contribution in [0.4, 0.5) is 5.69 Å².